The average Bonchev–Trinajstić information content (AvgIpc) is 3.04. The van der Waals surface area contributed by atoms with Crippen molar-refractivity contribution in [3.63, 3.8) is 0 Å². The zero-order chi connectivity index (χ0) is 21.5. The van der Waals surface area contributed by atoms with Crippen LogP contribution in [0.2, 0.25) is 5.15 Å². The Kier molecular flexibility index (Phi) is 5.17. The van der Waals surface area contributed by atoms with Crippen molar-refractivity contribution in [2.75, 3.05) is 36.6 Å². The lowest BCUT2D eigenvalue weighted by Gasteiger charge is -2.40. The lowest BCUT2D eigenvalue weighted by atomic mass is 10.1. The number of rotatable bonds is 6. The Morgan fingerprint density at radius 3 is 2.73 bits per heavy atom. The Morgan fingerprint density at radius 2 is 2.03 bits per heavy atom. The average molecular weight is 452 g/mol. The summed E-state index contributed by atoms with van der Waals surface area (Å²) < 4.78 is 26.8. The maximum absolute atomic E-state index is 12.0. The molecule has 158 valence electrons. The molecule has 0 radical (unpaired) electrons. The molecule has 0 saturated carbocycles. The van der Waals surface area contributed by atoms with Crippen LogP contribution in [0.15, 0.2) is 24.4 Å². The predicted octanol–water partition coefficient (Wildman–Crippen LogP) is 0.0137. The minimum absolute atomic E-state index is 0.0615. The van der Waals surface area contributed by atoms with Crippen LogP contribution in [-0.4, -0.2) is 71.6 Å². The van der Waals surface area contributed by atoms with Gasteiger partial charge in [0.15, 0.2) is 16.5 Å². The molecule has 1 aliphatic rings. The minimum Gasteiger partial charge on any atom is -0.367 e. The van der Waals surface area contributed by atoms with Gasteiger partial charge < -0.3 is 15.5 Å². The number of fused-ring (bicyclic) bond motifs is 1. The van der Waals surface area contributed by atoms with Crippen LogP contribution in [0.25, 0.3) is 5.65 Å². The van der Waals surface area contributed by atoms with Gasteiger partial charge in [0.05, 0.1) is 29.9 Å². The molecule has 0 aliphatic carbocycles. The Hall–Kier alpha value is -3.03. The molecule has 4 rings (SSSR count). The molecule has 0 unspecified atom stereocenters. The van der Waals surface area contributed by atoms with E-state index in [4.69, 9.17) is 11.6 Å². The van der Waals surface area contributed by atoms with Crippen LogP contribution in [0, 0.1) is 0 Å². The third-order valence-electron chi connectivity index (χ3n) is 4.40. The number of nitrogens with one attached hydrogen (secondary N) is 3. The van der Waals surface area contributed by atoms with E-state index in [1.807, 2.05) is 11.0 Å². The van der Waals surface area contributed by atoms with Crippen molar-refractivity contribution in [3.05, 3.63) is 35.2 Å². The summed E-state index contributed by atoms with van der Waals surface area (Å²) in [5.74, 6) is -0.177. The van der Waals surface area contributed by atoms with Gasteiger partial charge in [0.1, 0.15) is 0 Å². The summed E-state index contributed by atoms with van der Waals surface area (Å²) in [6, 6.07) is 5.02. The zero-order valence-corrected chi connectivity index (χ0v) is 17.6. The summed E-state index contributed by atoms with van der Waals surface area (Å²) in [5.41, 5.74) is 1.85. The third-order valence-corrected chi connectivity index (χ3v) is 5.34. The third kappa shape index (κ3) is 4.27. The van der Waals surface area contributed by atoms with E-state index in [-0.39, 0.29) is 22.8 Å². The molecule has 1 amide bonds. The smallest absolute Gasteiger partial charge is 0.273 e. The van der Waals surface area contributed by atoms with Gasteiger partial charge in [-0.3, -0.25) is 4.79 Å². The number of hydrogen-bond donors (Lipinski definition) is 3. The first kappa shape index (κ1) is 20.3. The first-order valence-electron chi connectivity index (χ1n) is 8.83. The van der Waals surface area contributed by atoms with Gasteiger partial charge in [0.25, 0.3) is 5.91 Å². The van der Waals surface area contributed by atoms with Crippen LogP contribution < -0.4 is 20.3 Å². The van der Waals surface area contributed by atoms with Gasteiger partial charge in [-0.15, -0.1) is 15.3 Å². The van der Waals surface area contributed by atoms with E-state index in [1.165, 1.54) is 13.1 Å². The van der Waals surface area contributed by atoms with Crippen LogP contribution in [0.5, 0.6) is 0 Å². The van der Waals surface area contributed by atoms with Gasteiger partial charge in [0.2, 0.25) is 16.0 Å². The fourth-order valence-corrected chi connectivity index (χ4v) is 3.95. The number of sulfonamides is 1. The van der Waals surface area contributed by atoms with E-state index in [0.29, 0.717) is 24.4 Å². The fraction of sp³-hybridized carbons (Fsp3) is 0.312. The van der Waals surface area contributed by atoms with E-state index in [0.717, 1.165) is 11.9 Å². The Morgan fingerprint density at radius 1 is 1.27 bits per heavy atom. The highest BCUT2D eigenvalue weighted by Gasteiger charge is 2.29. The van der Waals surface area contributed by atoms with Crippen molar-refractivity contribution < 1.29 is 13.2 Å². The van der Waals surface area contributed by atoms with Crippen LogP contribution in [-0.2, 0) is 10.0 Å². The van der Waals surface area contributed by atoms with Gasteiger partial charge >= 0.3 is 0 Å². The van der Waals surface area contributed by atoms with E-state index in [1.54, 1.807) is 16.8 Å². The molecule has 1 saturated heterocycles. The number of hydrogen-bond acceptors (Lipinski definition) is 9. The number of anilines is 3. The summed E-state index contributed by atoms with van der Waals surface area (Å²) in [7, 11) is -1.74. The maximum Gasteiger partial charge on any atom is 0.273 e. The maximum atomic E-state index is 12.0. The molecule has 0 aromatic carbocycles. The summed E-state index contributed by atoms with van der Waals surface area (Å²) in [6.45, 7) is 1.13. The van der Waals surface area contributed by atoms with Crippen LogP contribution >= 0.6 is 11.6 Å². The van der Waals surface area contributed by atoms with Crippen LogP contribution in [0.4, 0.5) is 17.3 Å². The topological polar surface area (TPSA) is 147 Å². The normalized spacial score (nSPS) is 14.6. The quantitative estimate of drug-likeness (QED) is 0.471. The van der Waals surface area contributed by atoms with Crippen molar-refractivity contribution in [1.82, 2.24) is 34.8 Å². The highest BCUT2D eigenvalue weighted by atomic mass is 35.5. The van der Waals surface area contributed by atoms with Gasteiger partial charge in [-0.1, -0.05) is 11.6 Å². The second-order valence-corrected chi connectivity index (χ2v) is 8.92. The van der Waals surface area contributed by atoms with Crippen molar-refractivity contribution in [3.8, 4) is 0 Å². The fourth-order valence-electron chi connectivity index (χ4n) is 3.05. The molecule has 14 heteroatoms. The molecular formula is C16H18ClN9O3S. The first-order chi connectivity index (χ1) is 14.2. The molecule has 1 aliphatic heterocycles. The lowest BCUT2D eigenvalue weighted by Crippen LogP contribution is -2.59. The van der Waals surface area contributed by atoms with Crippen molar-refractivity contribution in [2.45, 2.75) is 6.04 Å². The first-order valence-corrected chi connectivity index (χ1v) is 11.1. The molecular weight excluding hydrogens is 434 g/mol. The molecule has 30 heavy (non-hydrogen) atoms. The second kappa shape index (κ2) is 7.66. The van der Waals surface area contributed by atoms with E-state index in [9.17, 15) is 13.2 Å². The summed E-state index contributed by atoms with van der Waals surface area (Å²) in [5, 5.41) is 17.4. The number of carbonyl (C=O) groups is 1. The molecule has 12 nitrogen and oxygen atoms in total. The standard InChI is InChI=1S/C16H18ClN9O3S/c1-18-15(27)14-11(5-12(17)21-22-14)19-16-20-13-4-3-10(8-26(13)23-16)25-6-9(7-25)24-30(2,28)29/h3-5,8-9,24H,6-7H2,1-2H3,(H,18,27)(H,19,21,23). The highest BCUT2D eigenvalue weighted by Crippen LogP contribution is 2.24. The highest BCUT2D eigenvalue weighted by molar-refractivity contribution is 7.88. The number of halogens is 1. The Balaban J connectivity index is 1.53. The molecule has 3 aromatic rings. The number of carbonyl (C=O) groups excluding carboxylic acids is 1. The number of pyridine rings is 1. The number of nitrogens with zero attached hydrogens (tertiary/aromatic N) is 6. The van der Waals surface area contributed by atoms with Gasteiger partial charge in [0, 0.05) is 26.2 Å². The second-order valence-electron chi connectivity index (χ2n) is 6.75. The van der Waals surface area contributed by atoms with Crippen molar-refractivity contribution in [2.24, 2.45) is 0 Å². The van der Waals surface area contributed by atoms with Gasteiger partial charge in [-0.2, -0.15) is 4.98 Å². The van der Waals surface area contributed by atoms with Gasteiger partial charge in [-0.25, -0.2) is 17.7 Å². The number of amides is 1. The molecule has 3 N–H and O–H groups in total. The lowest BCUT2D eigenvalue weighted by molar-refractivity contribution is 0.0958. The molecule has 3 aromatic heterocycles. The molecule has 0 atom stereocenters. The van der Waals surface area contributed by atoms with E-state index >= 15 is 0 Å². The number of aromatic nitrogens is 5. The van der Waals surface area contributed by atoms with Crippen LogP contribution in [0.1, 0.15) is 10.5 Å². The molecule has 0 bridgehead atoms. The largest absolute Gasteiger partial charge is 0.367 e. The summed E-state index contributed by atoms with van der Waals surface area (Å²) in [6.07, 6.45) is 2.94. The molecule has 4 heterocycles. The minimum atomic E-state index is -3.23. The van der Waals surface area contributed by atoms with E-state index < -0.39 is 15.9 Å². The van der Waals surface area contributed by atoms with Crippen molar-refractivity contribution in [1.29, 1.82) is 0 Å². The molecule has 1 fully saturated rings. The van der Waals surface area contributed by atoms with Crippen LogP contribution in [0.3, 0.4) is 0 Å². The van der Waals surface area contributed by atoms with E-state index in [2.05, 4.69) is 35.6 Å². The Bertz CT molecular complexity index is 1220. The predicted molar refractivity (Wildman–Crippen MR) is 111 cm³/mol. The SMILES string of the molecule is CNC(=O)c1nnc(Cl)cc1Nc1nc2ccc(N3CC(NS(C)(=O)=O)C3)cn2n1. The summed E-state index contributed by atoms with van der Waals surface area (Å²) in [4.78, 5) is 18.4. The summed E-state index contributed by atoms with van der Waals surface area (Å²) >= 11 is 5.90. The monoisotopic (exact) mass is 451 g/mol. The zero-order valence-electron chi connectivity index (χ0n) is 16.0. The van der Waals surface area contributed by atoms with Crippen molar-refractivity contribution >= 4 is 50.5 Å². The van der Waals surface area contributed by atoms with Gasteiger partial charge in [-0.05, 0) is 12.1 Å². The Labute approximate surface area is 176 Å². The molecule has 0 spiro atoms.